The number of nitrogens with zero attached hydrogens (tertiary/aromatic N) is 2. The lowest BCUT2D eigenvalue weighted by molar-refractivity contribution is -0.178. The molecular weight excluding hydrogens is 598 g/mol. The molecule has 2 aromatic carbocycles. The number of hydrazine groups is 1. The van der Waals surface area contributed by atoms with Crippen molar-refractivity contribution in [2.45, 2.75) is 69.8 Å². The molecule has 2 N–H and O–H groups in total. The monoisotopic (exact) mass is 641 g/mol. The summed E-state index contributed by atoms with van der Waals surface area (Å²) in [5, 5.41) is 13.2. The summed E-state index contributed by atoms with van der Waals surface area (Å²) in [6, 6.07) is 14.2. The fourth-order valence-electron chi connectivity index (χ4n) is 6.90. The zero-order chi connectivity index (χ0) is 31.7. The molecule has 2 bridgehead atoms. The fourth-order valence-corrected chi connectivity index (χ4v) is 8.02. The van der Waals surface area contributed by atoms with Crippen molar-refractivity contribution < 1.29 is 36.9 Å². The zero-order valence-electron chi connectivity index (χ0n) is 26.0. The third kappa shape index (κ3) is 7.42. The van der Waals surface area contributed by atoms with Crippen LogP contribution in [0.15, 0.2) is 57.8 Å². The van der Waals surface area contributed by atoms with Gasteiger partial charge in [0.2, 0.25) is 0 Å². The maximum Gasteiger partial charge on any atom is 0.306 e. The van der Waals surface area contributed by atoms with E-state index in [-0.39, 0.29) is 54.0 Å². The van der Waals surface area contributed by atoms with Gasteiger partial charge in [-0.2, -0.15) is 0 Å². The molecule has 1 aliphatic carbocycles. The number of ether oxygens (including phenoxy) is 3. The van der Waals surface area contributed by atoms with Gasteiger partial charge in [0.25, 0.3) is 10.0 Å². The summed E-state index contributed by atoms with van der Waals surface area (Å²) in [5.74, 6) is 0.398. The van der Waals surface area contributed by atoms with Crippen LogP contribution in [0.1, 0.15) is 44.6 Å². The Morgan fingerprint density at radius 1 is 1.13 bits per heavy atom. The first-order valence-electron chi connectivity index (χ1n) is 15.8. The molecule has 3 fully saturated rings. The summed E-state index contributed by atoms with van der Waals surface area (Å²) in [6.45, 7) is 7.20. The van der Waals surface area contributed by atoms with Gasteiger partial charge in [-0.1, -0.05) is 44.2 Å². The first kappa shape index (κ1) is 32.1. The van der Waals surface area contributed by atoms with Crippen molar-refractivity contribution in [3.63, 3.8) is 0 Å². The average Bonchev–Trinajstić information content (AvgIpc) is 3.66. The lowest BCUT2D eigenvalue weighted by Gasteiger charge is -2.31. The predicted molar refractivity (Wildman–Crippen MR) is 165 cm³/mol. The van der Waals surface area contributed by atoms with Gasteiger partial charge in [-0.15, -0.1) is 4.83 Å². The predicted octanol–water partition coefficient (Wildman–Crippen LogP) is 3.84. The Balaban J connectivity index is 1.17. The van der Waals surface area contributed by atoms with Crippen molar-refractivity contribution in [2.24, 2.45) is 29.6 Å². The molecule has 2 aliphatic heterocycles. The summed E-state index contributed by atoms with van der Waals surface area (Å²) in [7, 11) is -4.01. The topological polar surface area (TPSA) is 140 Å². The fraction of sp³-hybridized carbons (Fsp3) is 0.576. The average molecular weight is 642 g/mol. The Bertz CT molecular complexity index is 1580. The molecule has 1 saturated carbocycles. The summed E-state index contributed by atoms with van der Waals surface area (Å²) >= 11 is 0. The number of fused-ring (bicyclic) bond motifs is 2. The standard InChI is InChI=1S/C33H43N3O8S/c1-20(2)11-12-36(35-45(39,40)25-9-10-28-30(16-25)43-21(3)34-28)17-29(37)23(13-22-7-5-4-6-8-22)15-31(38)44-32-24-14-26-27(32)19-42-33(26)41-18-24/h4-10,16,20,23-24,26-27,29,32-33,35,37H,11-15,17-19H2,1-3H3/t23-,24?,26?,27?,29-,32?,33?/m1/s1. The Morgan fingerprint density at radius 3 is 2.69 bits per heavy atom. The van der Waals surface area contributed by atoms with Crippen LogP contribution < -0.4 is 4.83 Å². The van der Waals surface area contributed by atoms with E-state index in [9.17, 15) is 18.3 Å². The minimum atomic E-state index is -4.01. The largest absolute Gasteiger partial charge is 0.462 e. The molecule has 7 atom stereocenters. The molecule has 1 aromatic heterocycles. The molecule has 11 nitrogen and oxygen atoms in total. The Labute approximate surface area is 264 Å². The molecule has 0 spiro atoms. The SMILES string of the molecule is Cc1nc2ccc(S(=O)(=O)NN(CCC(C)C)C[C@@H](O)[C@@H](CC(=O)OC3C4COC5OCC3C5C4)Cc3ccccc3)cc2o1. The summed E-state index contributed by atoms with van der Waals surface area (Å²) in [5.41, 5.74) is 1.92. The van der Waals surface area contributed by atoms with Crippen LogP contribution in [-0.4, -0.2) is 74.3 Å². The van der Waals surface area contributed by atoms with Crippen molar-refractivity contribution >= 4 is 27.1 Å². The maximum absolute atomic E-state index is 13.5. The molecule has 12 heteroatoms. The highest BCUT2D eigenvalue weighted by molar-refractivity contribution is 7.89. The number of hydrogen-bond acceptors (Lipinski definition) is 10. The number of nitrogens with one attached hydrogen (secondary N) is 1. The molecule has 6 rings (SSSR count). The number of aliphatic hydroxyl groups is 1. The highest BCUT2D eigenvalue weighted by Gasteiger charge is 2.56. The quantitative estimate of drug-likeness (QED) is 0.197. The van der Waals surface area contributed by atoms with Crippen molar-refractivity contribution in [1.82, 2.24) is 14.8 Å². The smallest absolute Gasteiger partial charge is 0.306 e. The lowest BCUT2D eigenvalue weighted by Crippen LogP contribution is -2.48. The number of carbonyl (C=O) groups excluding carboxylic acids is 1. The Morgan fingerprint density at radius 2 is 1.91 bits per heavy atom. The molecule has 0 amide bonds. The number of esters is 1. The number of aromatic nitrogens is 1. The Kier molecular flexibility index (Phi) is 9.60. The van der Waals surface area contributed by atoms with Crippen LogP contribution in [0.2, 0.25) is 0 Å². The highest BCUT2D eigenvalue weighted by atomic mass is 32.2. The van der Waals surface area contributed by atoms with Gasteiger partial charge in [-0.05, 0) is 42.9 Å². The van der Waals surface area contributed by atoms with E-state index in [0.29, 0.717) is 55.5 Å². The van der Waals surface area contributed by atoms with Crippen LogP contribution in [-0.2, 0) is 35.4 Å². The van der Waals surface area contributed by atoms with Gasteiger partial charge in [0.15, 0.2) is 17.8 Å². The third-order valence-corrected chi connectivity index (χ3v) is 10.7. The van der Waals surface area contributed by atoms with Crippen LogP contribution in [0.3, 0.4) is 0 Å². The number of sulfonamides is 1. The maximum atomic E-state index is 13.5. The van der Waals surface area contributed by atoms with Crippen molar-refractivity contribution in [3.8, 4) is 0 Å². The van der Waals surface area contributed by atoms with Crippen LogP contribution >= 0.6 is 0 Å². The molecule has 3 heterocycles. The third-order valence-electron chi connectivity index (χ3n) is 9.28. The van der Waals surface area contributed by atoms with E-state index < -0.39 is 22.0 Å². The second kappa shape index (κ2) is 13.5. The van der Waals surface area contributed by atoms with E-state index in [0.717, 1.165) is 12.0 Å². The van der Waals surface area contributed by atoms with Gasteiger partial charge in [0.1, 0.15) is 11.6 Å². The normalized spacial score (nSPS) is 25.7. The lowest BCUT2D eigenvalue weighted by atomic mass is 9.90. The second-order valence-electron chi connectivity index (χ2n) is 13.1. The van der Waals surface area contributed by atoms with Gasteiger partial charge >= 0.3 is 5.97 Å². The van der Waals surface area contributed by atoms with E-state index in [1.165, 1.54) is 17.1 Å². The number of rotatable bonds is 14. The van der Waals surface area contributed by atoms with Gasteiger partial charge in [0, 0.05) is 49.8 Å². The summed E-state index contributed by atoms with van der Waals surface area (Å²) in [4.78, 5) is 20.4. The van der Waals surface area contributed by atoms with E-state index >= 15 is 0 Å². The number of carbonyl (C=O) groups is 1. The number of benzene rings is 2. The molecule has 244 valence electrons. The van der Waals surface area contributed by atoms with E-state index in [2.05, 4.69) is 23.7 Å². The number of aliphatic hydroxyl groups excluding tert-OH is 1. The van der Waals surface area contributed by atoms with E-state index in [4.69, 9.17) is 18.6 Å². The van der Waals surface area contributed by atoms with Crippen molar-refractivity contribution in [1.29, 1.82) is 0 Å². The molecule has 2 saturated heterocycles. The van der Waals surface area contributed by atoms with Crippen LogP contribution in [0.5, 0.6) is 0 Å². The summed E-state index contributed by atoms with van der Waals surface area (Å²) in [6.07, 6.45) is 0.549. The molecule has 3 aromatic rings. The molecule has 45 heavy (non-hydrogen) atoms. The van der Waals surface area contributed by atoms with Gasteiger partial charge in [-0.25, -0.2) is 18.4 Å². The zero-order valence-corrected chi connectivity index (χ0v) is 26.8. The van der Waals surface area contributed by atoms with Crippen LogP contribution in [0.4, 0.5) is 0 Å². The second-order valence-corrected chi connectivity index (χ2v) is 14.8. The van der Waals surface area contributed by atoms with Crippen LogP contribution in [0.25, 0.3) is 11.1 Å². The first-order chi connectivity index (χ1) is 21.6. The molecule has 3 aliphatic rings. The first-order valence-corrected chi connectivity index (χ1v) is 17.3. The molecular formula is C33H43N3O8S. The van der Waals surface area contributed by atoms with E-state index in [1.807, 2.05) is 30.3 Å². The van der Waals surface area contributed by atoms with Gasteiger partial charge in [0.05, 0.1) is 30.6 Å². The number of oxazole rings is 1. The van der Waals surface area contributed by atoms with Crippen molar-refractivity contribution in [3.05, 3.63) is 60.0 Å². The van der Waals surface area contributed by atoms with Crippen molar-refractivity contribution in [2.75, 3.05) is 26.3 Å². The molecule has 5 unspecified atom stereocenters. The number of hydrogen-bond donors (Lipinski definition) is 2. The van der Waals surface area contributed by atoms with E-state index in [1.54, 1.807) is 13.0 Å². The number of aryl methyl sites for hydroxylation is 1. The highest BCUT2D eigenvalue weighted by Crippen LogP contribution is 2.49. The summed E-state index contributed by atoms with van der Waals surface area (Å²) < 4.78 is 50.3. The minimum absolute atomic E-state index is 0.00586. The molecule has 0 radical (unpaired) electrons. The minimum Gasteiger partial charge on any atom is -0.462 e. The van der Waals surface area contributed by atoms with Gasteiger partial charge in [-0.3, -0.25) is 4.79 Å². The van der Waals surface area contributed by atoms with Gasteiger partial charge < -0.3 is 23.7 Å². The van der Waals surface area contributed by atoms with Crippen LogP contribution in [0, 0.1) is 36.5 Å². The Hall–Kier alpha value is -2.87.